The Hall–Kier alpha value is -3.26. The van der Waals surface area contributed by atoms with Crippen LogP contribution in [0.2, 0.25) is 0 Å². The van der Waals surface area contributed by atoms with Gasteiger partial charge < -0.3 is 14.0 Å². The highest BCUT2D eigenvalue weighted by Crippen LogP contribution is 2.18. The normalized spacial score (nSPS) is 11.2. The Labute approximate surface area is 205 Å². The lowest BCUT2D eigenvalue weighted by Gasteiger charge is -2.11. The van der Waals surface area contributed by atoms with Crippen LogP contribution in [0.5, 0.6) is 0 Å². The van der Waals surface area contributed by atoms with Gasteiger partial charge in [0.25, 0.3) is 5.56 Å². The van der Waals surface area contributed by atoms with E-state index in [0.717, 1.165) is 50.0 Å². The van der Waals surface area contributed by atoms with E-state index in [1.165, 1.54) is 4.68 Å². The first-order valence-electron chi connectivity index (χ1n) is 12.2. The number of Topliss-reactive ketones (excluding diaryl/α,β-unsaturated/α-hetero) is 1. The van der Waals surface area contributed by atoms with E-state index in [0.29, 0.717) is 29.5 Å². The highest BCUT2D eigenvalue weighted by Gasteiger charge is 2.21. The summed E-state index contributed by atoms with van der Waals surface area (Å²) in [5.41, 5.74) is 2.16. The van der Waals surface area contributed by atoms with E-state index in [-0.39, 0.29) is 17.0 Å². The molecule has 8 heteroatoms. The molecule has 0 aliphatic heterocycles. The van der Waals surface area contributed by atoms with Crippen molar-refractivity contribution < 1.29 is 19.1 Å². The largest absolute Gasteiger partial charge is 0.452 e. The van der Waals surface area contributed by atoms with Gasteiger partial charge in [0, 0.05) is 49.1 Å². The van der Waals surface area contributed by atoms with Crippen LogP contribution in [0, 0.1) is 13.8 Å². The summed E-state index contributed by atoms with van der Waals surface area (Å²) in [5.74, 6) is -0.993. The number of benzene rings is 1. The number of nitrogens with zero attached hydrogens (tertiary/aromatic N) is 3. The molecule has 3 rings (SSSR count). The van der Waals surface area contributed by atoms with E-state index in [2.05, 4.69) is 16.6 Å². The third-order valence-electron chi connectivity index (χ3n) is 6.22. The quantitative estimate of drug-likeness (QED) is 0.203. The number of fused-ring (bicyclic) bond motifs is 1. The number of hydrogen-bond donors (Lipinski definition) is 0. The second-order valence-electron chi connectivity index (χ2n) is 8.77. The highest BCUT2D eigenvalue weighted by molar-refractivity contribution is 6.04. The summed E-state index contributed by atoms with van der Waals surface area (Å²) in [4.78, 5) is 38.8. The Bertz CT molecular complexity index is 1240. The standard InChI is InChI=1S/C27H35N3O5/c1-5-6-7-10-15-30-26(32)22-13-9-8-12-21(22)25(28-30)27(33)35-18-24(31)23-17-19(2)29(20(23)3)14-11-16-34-4/h8-9,12-13,17H,5-7,10-11,14-16,18H2,1-4H3. The van der Waals surface area contributed by atoms with Crippen molar-refractivity contribution in [2.75, 3.05) is 20.3 Å². The number of ether oxygens (including phenoxy) is 2. The number of carbonyl (C=O) groups is 2. The first-order chi connectivity index (χ1) is 16.9. The first kappa shape index (κ1) is 26.3. The summed E-state index contributed by atoms with van der Waals surface area (Å²) in [6, 6.07) is 8.68. The molecule has 3 aromatic rings. The van der Waals surface area contributed by atoms with Gasteiger partial charge in [0.2, 0.25) is 5.78 Å². The fraction of sp³-hybridized carbons (Fsp3) is 0.481. The van der Waals surface area contributed by atoms with E-state index in [1.807, 2.05) is 19.9 Å². The molecule has 0 aliphatic rings. The number of unbranched alkanes of at least 4 members (excludes halogenated alkanes) is 3. The van der Waals surface area contributed by atoms with Gasteiger partial charge in [0.1, 0.15) is 0 Å². The van der Waals surface area contributed by atoms with Gasteiger partial charge in [-0.3, -0.25) is 9.59 Å². The summed E-state index contributed by atoms with van der Waals surface area (Å²) in [5, 5.41) is 5.17. The van der Waals surface area contributed by atoms with E-state index in [1.54, 1.807) is 31.4 Å². The molecule has 0 radical (unpaired) electrons. The first-order valence-corrected chi connectivity index (χ1v) is 12.2. The lowest BCUT2D eigenvalue weighted by Crippen LogP contribution is -2.27. The van der Waals surface area contributed by atoms with Gasteiger partial charge in [-0.2, -0.15) is 5.10 Å². The monoisotopic (exact) mass is 481 g/mol. The van der Waals surface area contributed by atoms with Crippen molar-refractivity contribution in [2.45, 2.75) is 66.0 Å². The van der Waals surface area contributed by atoms with Gasteiger partial charge in [0.05, 0.1) is 5.39 Å². The van der Waals surface area contributed by atoms with E-state index >= 15 is 0 Å². The lowest BCUT2D eigenvalue weighted by molar-refractivity contribution is 0.0468. The number of carbonyl (C=O) groups excluding carboxylic acids is 2. The predicted molar refractivity (Wildman–Crippen MR) is 135 cm³/mol. The van der Waals surface area contributed by atoms with Crippen molar-refractivity contribution >= 4 is 22.5 Å². The van der Waals surface area contributed by atoms with Gasteiger partial charge in [-0.1, -0.05) is 44.4 Å². The summed E-state index contributed by atoms with van der Waals surface area (Å²) in [7, 11) is 1.66. The number of hydrogen-bond acceptors (Lipinski definition) is 6. The van der Waals surface area contributed by atoms with Crippen LogP contribution in [-0.2, 0) is 22.6 Å². The smallest absolute Gasteiger partial charge is 0.359 e. The van der Waals surface area contributed by atoms with Crippen LogP contribution < -0.4 is 5.56 Å². The van der Waals surface area contributed by atoms with Gasteiger partial charge in [-0.25, -0.2) is 9.48 Å². The predicted octanol–water partition coefficient (Wildman–Crippen LogP) is 4.47. The molecule has 0 amide bonds. The Morgan fingerprint density at radius 2 is 1.74 bits per heavy atom. The number of aryl methyl sites for hydroxylation is 2. The molecule has 35 heavy (non-hydrogen) atoms. The topological polar surface area (TPSA) is 92.4 Å². The second-order valence-corrected chi connectivity index (χ2v) is 8.77. The molecule has 2 heterocycles. The number of rotatable bonds is 13. The minimum Gasteiger partial charge on any atom is -0.452 e. The minimum atomic E-state index is -0.717. The van der Waals surface area contributed by atoms with Crippen LogP contribution in [0.15, 0.2) is 35.1 Å². The molecule has 188 valence electrons. The van der Waals surface area contributed by atoms with Crippen molar-refractivity contribution in [3.8, 4) is 0 Å². The highest BCUT2D eigenvalue weighted by atomic mass is 16.5. The van der Waals surface area contributed by atoms with Crippen LogP contribution in [0.25, 0.3) is 10.8 Å². The van der Waals surface area contributed by atoms with Gasteiger partial charge in [-0.15, -0.1) is 0 Å². The molecule has 0 N–H and O–H groups in total. The molecule has 1 aromatic carbocycles. The number of methoxy groups -OCH3 is 1. The summed E-state index contributed by atoms with van der Waals surface area (Å²) < 4.78 is 13.9. The molecule has 0 saturated heterocycles. The average Bonchev–Trinajstić information content (AvgIpc) is 3.15. The molecule has 2 aromatic heterocycles. The number of ketones is 1. The van der Waals surface area contributed by atoms with Crippen LogP contribution in [0.3, 0.4) is 0 Å². The molecule has 8 nitrogen and oxygen atoms in total. The fourth-order valence-corrected chi connectivity index (χ4v) is 4.30. The van der Waals surface area contributed by atoms with E-state index in [9.17, 15) is 14.4 Å². The maximum Gasteiger partial charge on any atom is 0.359 e. The molecule has 0 atom stereocenters. The summed E-state index contributed by atoms with van der Waals surface area (Å²) in [6.07, 6.45) is 4.78. The molecule has 0 unspecified atom stereocenters. The Morgan fingerprint density at radius 1 is 1.00 bits per heavy atom. The molecular formula is C27H35N3O5. The summed E-state index contributed by atoms with van der Waals surface area (Å²) in [6.45, 7) is 7.37. The third-order valence-corrected chi connectivity index (χ3v) is 6.22. The van der Waals surface area contributed by atoms with Crippen molar-refractivity contribution in [3.05, 3.63) is 63.3 Å². The van der Waals surface area contributed by atoms with Crippen molar-refractivity contribution in [1.82, 2.24) is 14.3 Å². The summed E-state index contributed by atoms with van der Waals surface area (Å²) >= 11 is 0. The maximum absolute atomic E-state index is 13.0. The lowest BCUT2D eigenvalue weighted by atomic mass is 10.1. The van der Waals surface area contributed by atoms with Crippen LogP contribution in [0.1, 0.15) is 71.3 Å². The Kier molecular flexibility index (Phi) is 9.37. The Morgan fingerprint density at radius 3 is 2.46 bits per heavy atom. The Balaban J connectivity index is 1.77. The van der Waals surface area contributed by atoms with E-state index in [4.69, 9.17) is 9.47 Å². The average molecular weight is 482 g/mol. The van der Waals surface area contributed by atoms with Crippen molar-refractivity contribution in [2.24, 2.45) is 0 Å². The van der Waals surface area contributed by atoms with Crippen LogP contribution in [0.4, 0.5) is 0 Å². The second kappa shape index (κ2) is 12.4. The van der Waals surface area contributed by atoms with Gasteiger partial charge in [0.15, 0.2) is 12.3 Å². The SMILES string of the molecule is CCCCCCn1nc(C(=O)OCC(=O)c2cc(C)n(CCCOC)c2C)c2ccccc2c1=O. The number of aromatic nitrogens is 3. The van der Waals surface area contributed by atoms with E-state index < -0.39 is 12.6 Å². The van der Waals surface area contributed by atoms with Gasteiger partial charge in [-0.05, 0) is 38.8 Å². The molecule has 0 saturated carbocycles. The number of esters is 1. The van der Waals surface area contributed by atoms with Gasteiger partial charge >= 0.3 is 5.97 Å². The maximum atomic E-state index is 13.0. The van der Waals surface area contributed by atoms with Crippen LogP contribution >= 0.6 is 0 Å². The minimum absolute atomic E-state index is 0.0496. The zero-order valence-electron chi connectivity index (χ0n) is 21.1. The zero-order valence-corrected chi connectivity index (χ0v) is 21.1. The molecule has 0 bridgehead atoms. The van der Waals surface area contributed by atoms with Crippen molar-refractivity contribution in [3.63, 3.8) is 0 Å². The molecular weight excluding hydrogens is 446 g/mol. The zero-order chi connectivity index (χ0) is 25.4. The third kappa shape index (κ3) is 6.25. The van der Waals surface area contributed by atoms with Crippen LogP contribution in [-0.4, -0.2) is 46.4 Å². The molecule has 0 fully saturated rings. The van der Waals surface area contributed by atoms with Crippen molar-refractivity contribution in [1.29, 1.82) is 0 Å². The molecule has 0 aliphatic carbocycles. The fourth-order valence-electron chi connectivity index (χ4n) is 4.30. The molecule has 0 spiro atoms.